The van der Waals surface area contributed by atoms with Gasteiger partial charge in [0, 0.05) is 5.69 Å². The summed E-state index contributed by atoms with van der Waals surface area (Å²) in [7, 11) is 0. The van der Waals surface area contributed by atoms with Crippen molar-refractivity contribution in [2.24, 2.45) is 10.2 Å². The molecule has 9 nitrogen and oxygen atoms in total. The van der Waals surface area contributed by atoms with E-state index in [9.17, 15) is 4.79 Å². The summed E-state index contributed by atoms with van der Waals surface area (Å²) < 4.78 is 7.04. The maximum Gasteiger partial charge on any atom is 0.262 e. The van der Waals surface area contributed by atoms with Gasteiger partial charge in [-0.3, -0.25) is 4.79 Å². The van der Waals surface area contributed by atoms with Crippen molar-refractivity contribution in [2.75, 3.05) is 11.9 Å². The second kappa shape index (κ2) is 9.20. The molecular formula is C21H17N7O2. The van der Waals surface area contributed by atoms with Crippen LogP contribution in [0.2, 0.25) is 0 Å². The monoisotopic (exact) mass is 399 g/mol. The van der Waals surface area contributed by atoms with Gasteiger partial charge < -0.3 is 10.1 Å². The van der Waals surface area contributed by atoms with E-state index in [1.165, 1.54) is 11.0 Å². The zero-order chi connectivity index (χ0) is 20.6. The largest absolute Gasteiger partial charge is 0.484 e. The summed E-state index contributed by atoms with van der Waals surface area (Å²) in [6.07, 6.45) is 1.50. The van der Waals surface area contributed by atoms with Crippen molar-refractivity contribution in [2.45, 2.75) is 0 Å². The smallest absolute Gasteiger partial charge is 0.262 e. The molecule has 148 valence electrons. The van der Waals surface area contributed by atoms with Gasteiger partial charge in [0.15, 0.2) is 6.61 Å². The lowest BCUT2D eigenvalue weighted by Gasteiger charge is -2.08. The first kappa shape index (κ1) is 18.9. The average Bonchev–Trinajstić information content (AvgIpc) is 3.33. The number of hydrogen-bond donors (Lipinski definition) is 1. The Labute approximate surface area is 172 Å². The Morgan fingerprint density at radius 1 is 0.900 bits per heavy atom. The van der Waals surface area contributed by atoms with Crippen LogP contribution in [0.3, 0.4) is 0 Å². The second-order valence-corrected chi connectivity index (χ2v) is 6.17. The van der Waals surface area contributed by atoms with Crippen LogP contribution in [0.1, 0.15) is 0 Å². The van der Waals surface area contributed by atoms with Crippen LogP contribution in [0.15, 0.2) is 95.4 Å². The summed E-state index contributed by atoms with van der Waals surface area (Å²) in [5.41, 5.74) is 2.91. The van der Waals surface area contributed by atoms with Gasteiger partial charge in [-0.1, -0.05) is 18.2 Å². The molecule has 0 fully saturated rings. The highest BCUT2D eigenvalue weighted by Crippen LogP contribution is 2.20. The van der Waals surface area contributed by atoms with E-state index in [-0.39, 0.29) is 12.5 Å². The second-order valence-electron chi connectivity index (χ2n) is 6.17. The number of amides is 1. The summed E-state index contributed by atoms with van der Waals surface area (Å²) in [5, 5.41) is 22.1. The van der Waals surface area contributed by atoms with E-state index in [0.717, 1.165) is 11.4 Å². The van der Waals surface area contributed by atoms with E-state index in [2.05, 4.69) is 31.1 Å². The lowest BCUT2D eigenvalue weighted by Crippen LogP contribution is -2.20. The van der Waals surface area contributed by atoms with Gasteiger partial charge in [0.25, 0.3) is 5.91 Å². The zero-order valence-electron chi connectivity index (χ0n) is 15.8. The molecule has 1 aromatic heterocycles. The molecule has 0 saturated carbocycles. The molecule has 1 N–H and O–H groups in total. The number of nitrogens with one attached hydrogen (secondary N) is 1. The predicted octanol–water partition coefficient (Wildman–Crippen LogP) is 4.10. The zero-order valence-corrected chi connectivity index (χ0v) is 15.8. The molecule has 1 amide bonds. The molecule has 0 saturated heterocycles. The van der Waals surface area contributed by atoms with E-state index < -0.39 is 0 Å². The molecule has 0 unspecified atom stereocenters. The van der Waals surface area contributed by atoms with Gasteiger partial charge in [-0.2, -0.15) is 10.2 Å². The number of aromatic nitrogens is 4. The first-order valence-electron chi connectivity index (χ1n) is 9.09. The van der Waals surface area contributed by atoms with E-state index in [1.54, 1.807) is 48.5 Å². The minimum absolute atomic E-state index is 0.111. The van der Waals surface area contributed by atoms with Crippen molar-refractivity contribution in [1.29, 1.82) is 0 Å². The van der Waals surface area contributed by atoms with Crippen LogP contribution in [-0.4, -0.2) is 32.7 Å². The van der Waals surface area contributed by atoms with Gasteiger partial charge >= 0.3 is 0 Å². The molecule has 30 heavy (non-hydrogen) atoms. The van der Waals surface area contributed by atoms with Gasteiger partial charge in [0.1, 0.15) is 12.1 Å². The van der Waals surface area contributed by atoms with Crippen LogP contribution in [0.25, 0.3) is 5.69 Å². The number of carbonyl (C=O) groups is 1. The number of carbonyl (C=O) groups excluding carboxylic acids is 1. The third-order valence-corrected chi connectivity index (χ3v) is 4.01. The first-order chi connectivity index (χ1) is 14.8. The first-order valence-corrected chi connectivity index (χ1v) is 9.09. The van der Waals surface area contributed by atoms with Crippen LogP contribution < -0.4 is 10.1 Å². The molecule has 0 spiro atoms. The lowest BCUT2D eigenvalue weighted by atomic mass is 10.3. The number of benzene rings is 3. The Balaban J connectivity index is 1.27. The SMILES string of the molecule is O=C(COc1ccc(-n2cnnn2)cc1)Nc1ccc(N=Nc2ccccc2)cc1. The maximum absolute atomic E-state index is 12.1. The minimum Gasteiger partial charge on any atom is -0.484 e. The molecule has 0 atom stereocenters. The Kier molecular flexibility index (Phi) is 5.81. The summed E-state index contributed by atoms with van der Waals surface area (Å²) in [4.78, 5) is 12.1. The number of nitrogens with zero attached hydrogens (tertiary/aromatic N) is 6. The molecule has 0 aliphatic heterocycles. The van der Waals surface area contributed by atoms with Gasteiger partial charge in [-0.15, -0.1) is 5.10 Å². The van der Waals surface area contributed by atoms with Crippen molar-refractivity contribution in [3.8, 4) is 11.4 Å². The highest BCUT2D eigenvalue weighted by atomic mass is 16.5. The molecule has 0 bridgehead atoms. The molecule has 3 aromatic carbocycles. The standard InChI is InChI=1S/C21H17N7O2/c29-21(14-30-20-12-10-19(11-13-20)28-15-22-26-27-28)23-16-6-8-18(9-7-16)25-24-17-4-2-1-3-5-17/h1-13,15H,14H2,(H,23,29). The number of anilines is 1. The molecule has 1 heterocycles. The van der Waals surface area contributed by atoms with E-state index >= 15 is 0 Å². The van der Waals surface area contributed by atoms with Gasteiger partial charge in [-0.25, -0.2) is 4.68 Å². The number of tetrazole rings is 1. The average molecular weight is 399 g/mol. The summed E-state index contributed by atoms with van der Waals surface area (Å²) in [5.74, 6) is 0.303. The van der Waals surface area contributed by atoms with E-state index in [1.807, 2.05) is 30.3 Å². The highest BCUT2D eigenvalue weighted by Gasteiger charge is 2.05. The summed E-state index contributed by atoms with van der Waals surface area (Å²) >= 11 is 0. The van der Waals surface area contributed by atoms with Crippen LogP contribution >= 0.6 is 0 Å². The van der Waals surface area contributed by atoms with Crippen molar-refractivity contribution < 1.29 is 9.53 Å². The van der Waals surface area contributed by atoms with Gasteiger partial charge in [0.2, 0.25) is 0 Å². The highest BCUT2D eigenvalue weighted by molar-refractivity contribution is 5.92. The number of ether oxygens (including phenoxy) is 1. The van der Waals surface area contributed by atoms with Crippen molar-refractivity contribution >= 4 is 23.0 Å². The molecule has 0 aliphatic carbocycles. The Hall–Kier alpha value is -4.40. The number of hydrogen-bond acceptors (Lipinski definition) is 7. The fourth-order valence-corrected chi connectivity index (χ4v) is 2.54. The molecule has 4 aromatic rings. The van der Waals surface area contributed by atoms with Gasteiger partial charge in [-0.05, 0) is 71.1 Å². The third kappa shape index (κ3) is 5.10. The van der Waals surface area contributed by atoms with Crippen molar-refractivity contribution in [3.63, 3.8) is 0 Å². The Morgan fingerprint density at radius 3 is 2.27 bits per heavy atom. The van der Waals surface area contributed by atoms with Crippen LogP contribution in [0.5, 0.6) is 5.75 Å². The predicted molar refractivity (Wildman–Crippen MR) is 110 cm³/mol. The normalized spacial score (nSPS) is 10.8. The number of rotatable bonds is 7. The quantitative estimate of drug-likeness (QED) is 0.471. The summed E-state index contributed by atoms with van der Waals surface area (Å²) in [6, 6.07) is 23.6. The third-order valence-electron chi connectivity index (χ3n) is 4.01. The topological polar surface area (TPSA) is 107 Å². The Morgan fingerprint density at radius 2 is 1.60 bits per heavy atom. The lowest BCUT2D eigenvalue weighted by molar-refractivity contribution is -0.118. The fraction of sp³-hybridized carbons (Fsp3) is 0.0476. The molecule has 0 radical (unpaired) electrons. The minimum atomic E-state index is -0.266. The number of azo groups is 1. The maximum atomic E-state index is 12.1. The summed E-state index contributed by atoms with van der Waals surface area (Å²) in [6.45, 7) is -0.111. The van der Waals surface area contributed by atoms with Crippen LogP contribution in [0, 0.1) is 0 Å². The Bertz CT molecular complexity index is 1110. The van der Waals surface area contributed by atoms with E-state index in [4.69, 9.17) is 4.74 Å². The molecule has 9 heteroatoms. The van der Waals surface area contributed by atoms with Crippen LogP contribution in [-0.2, 0) is 4.79 Å². The molecular weight excluding hydrogens is 382 g/mol. The van der Waals surface area contributed by atoms with Crippen LogP contribution in [0.4, 0.5) is 17.1 Å². The van der Waals surface area contributed by atoms with Crippen molar-refractivity contribution in [1.82, 2.24) is 20.2 Å². The molecule has 0 aliphatic rings. The van der Waals surface area contributed by atoms with Gasteiger partial charge in [0.05, 0.1) is 17.1 Å². The fourth-order valence-electron chi connectivity index (χ4n) is 2.54. The van der Waals surface area contributed by atoms with E-state index in [0.29, 0.717) is 17.1 Å². The van der Waals surface area contributed by atoms with Crippen molar-refractivity contribution in [3.05, 3.63) is 85.2 Å². The molecule has 4 rings (SSSR count).